The summed E-state index contributed by atoms with van der Waals surface area (Å²) in [4.78, 5) is 0. The maximum Gasteiger partial charge on any atom is 0.0186 e. The van der Waals surface area contributed by atoms with E-state index in [4.69, 9.17) is 0 Å². The van der Waals surface area contributed by atoms with Gasteiger partial charge in [0, 0.05) is 5.75 Å². The van der Waals surface area contributed by atoms with Crippen LogP contribution in [0.4, 0.5) is 0 Å². The first-order valence-corrected chi connectivity index (χ1v) is 3.94. The van der Waals surface area contributed by atoms with Gasteiger partial charge < -0.3 is 0 Å². The van der Waals surface area contributed by atoms with Crippen LogP contribution in [-0.2, 0) is 4.55 Å². The van der Waals surface area contributed by atoms with Crippen LogP contribution in [0.2, 0.25) is 0 Å². The standard InChI is InChI=1S/C6H11OS/c1-6(2)4-5-8(3)7/h1,3-5H2,2H3. The van der Waals surface area contributed by atoms with Crippen LogP contribution in [0.15, 0.2) is 12.2 Å². The van der Waals surface area contributed by atoms with Gasteiger partial charge in [-0.1, -0.05) is 5.57 Å². The average Bonchev–Trinajstić information content (AvgIpc) is 1.61. The molecule has 0 N–H and O–H groups in total. The molecule has 1 radical (unpaired) electrons. The van der Waals surface area contributed by atoms with Crippen LogP contribution < -0.4 is 0 Å². The summed E-state index contributed by atoms with van der Waals surface area (Å²) in [6.07, 6.45) is 0.829. The van der Waals surface area contributed by atoms with Crippen molar-refractivity contribution in [3.8, 4) is 0 Å². The molecule has 0 aromatic heterocycles. The molecule has 0 aliphatic carbocycles. The third-order valence-electron chi connectivity index (χ3n) is 0.757. The van der Waals surface area contributed by atoms with E-state index in [-0.39, 0.29) is 0 Å². The summed E-state index contributed by atoms with van der Waals surface area (Å²) >= 11 is 0. The molecule has 1 atom stereocenters. The molecular formula is C6H11OS. The van der Waals surface area contributed by atoms with Crippen molar-refractivity contribution in [1.29, 1.82) is 0 Å². The lowest BCUT2D eigenvalue weighted by atomic mass is 10.3. The molecule has 0 fully saturated rings. The Labute approximate surface area is 53.2 Å². The summed E-state index contributed by atoms with van der Waals surface area (Å²) in [6, 6.07) is 0. The fourth-order valence-corrected chi connectivity index (χ4v) is 0.864. The Hall–Kier alpha value is -0.0800. The quantitative estimate of drug-likeness (QED) is 0.412. The predicted octanol–water partition coefficient (Wildman–Crippen LogP) is 2.00. The summed E-state index contributed by atoms with van der Waals surface area (Å²) < 4.78 is 10.3. The Morgan fingerprint density at radius 2 is 2.25 bits per heavy atom. The van der Waals surface area contributed by atoms with Gasteiger partial charge in [0.2, 0.25) is 0 Å². The van der Waals surface area contributed by atoms with Crippen molar-refractivity contribution in [2.24, 2.45) is 0 Å². The second kappa shape index (κ2) is 3.87. The van der Waals surface area contributed by atoms with Gasteiger partial charge in [-0.2, -0.15) is 4.55 Å². The highest BCUT2D eigenvalue weighted by Crippen LogP contribution is 2.08. The third-order valence-corrected chi connectivity index (χ3v) is 1.42. The highest BCUT2D eigenvalue weighted by molar-refractivity contribution is 8.08. The van der Waals surface area contributed by atoms with Gasteiger partial charge in [-0.25, -0.2) is 0 Å². The molecule has 0 aromatic carbocycles. The first-order valence-electron chi connectivity index (χ1n) is 2.45. The molecule has 0 aliphatic rings. The molecule has 0 saturated heterocycles. The largest absolute Gasteiger partial charge is 0.160 e. The molecule has 0 amide bonds. The second-order valence-electron chi connectivity index (χ2n) is 1.85. The first kappa shape index (κ1) is 7.92. The van der Waals surface area contributed by atoms with E-state index in [0.717, 1.165) is 12.0 Å². The Morgan fingerprint density at radius 1 is 1.75 bits per heavy atom. The zero-order valence-electron chi connectivity index (χ0n) is 5.14. The van der Waals surface area contributed by atoms with Crippen molar-refractivity contribution in [2.75, 3.05) is 5.75 Å². The van der Waals surface area contributed by atoms with Gasteiger partial charge in [0.25, 0.3) is 0 Å². The van der Waals surface area contributed by atoms with Crippen LogP contribution in [0.5, 0.6) is 0 Å². The third kappa shape index (κ3) is 5.92. The molecule has 0 rings (SSSR count). The van der Waals surface area contributed by atoms with E-state index in [0.29, 0.717) is 5.75 Å². The van der Waals surface area contributed by atoms with Crippen molar-refractivity contribution in [3.63, 3.8) is 0 Å². The molecule has 0 bridgehead atoms. The van der Waals surface area contributed by atoms with E-state index in [1.165, 1.54) is 0 Å². The van der Waals surface area contributed by atoms with Gasteiger partial charge in [0.05, 0.1) is 0 Å². The van der Waals surface area contributed by atoms with Crippen molar-refractivity contribution in [3.05, 3.63) is 12.2 Å². The first-order chi connectivity index (χ1) is 3.63. The van der Waals surface area contributed by atoms with E-state index in [2.05, 4.69) is 12.4 Å². The lowest BCUT2D eigenvalue weighted by molar-refractivity contribution is 0.528. The van der Waals surface area contributed by atoms with Gasteiger partial charge in [-0.15, -0.1) is 6.58 Å². The highest BCUT2D eigenvalue weighted by atomic mass is 32.2. The maximum atomic E-state index is 10.3. The normalized spacial score (nSPS) is 13.2. The minimum Gasteiger partial charge on any atom is -0.160 e. The number of hydrogen-bond donors (Lipinski definition) is 0. The molecule has 0 saturated carbocycles. The van der Waals surface area contributed by atoms with Crippen molar-refractivity contribution in [2.45, 2.75) is 13.3 Å². The molecule has 0 heterocycles. The molecule has 8 heavy (non-hydrogen) atoms. The topological polar surface area (TPSA) is 19.9 Å². The van der Waals surface area contributed by atoms with Crippen molar-refractivity contribution >= 4 is 16.6 Å². The SMILES string of the molecule is C=C(C)CCS(=C)[O]. The summed E-state index contributed by atoms with van der Waals surface area (Å²) in [7, 11) is -0.897. The Bertz CT molecular complexity index is 93.1. The minimum absolute atomic E-state index is 0.648. The second-order valence-corrected chi connectivity index (χ2v) is 3.14. The van der Waals surface area contributed by atoms with Crippen molar-refractivity contribution in [1.82, 2.24) is 0 Å². The minimum atomic E-state index is -0.897. The zero-order chi connectivity index (χ0) is 6.57. The fourth-order valence-electron chi connectivity index (χ4n) is 0.288. The van der Waals surface area contributed by atoms with Crippen LogP contribution in [0.25, 0.3) is 0 Å². The molecular weight excluding hydrogens is 120 g/mol. The smallest absolute Gasteiger partial charge is 0.0186 e. The zero-order valence-corrected chi connectivity index (χ0v) is 5.96. The molecule has 0 aromatic rings. The highest BCUT2D eigenvalue weighted by Gasteiger charge is 1.87. The van der Waals surface area contributed by atoms with Gasteiger partial charge in [-0.3, -0.25) is 0 Å². The number of hydrogen-bond acceptors (Lipinski definition) is 0. The van der Waals surface area contributed by atoms with E-state index in [1.54, 1.807) is 0 Å². The van der Waals surface area contributed by atoms with Gasteiger partial charge in [-0.05, 0) is 30.0 Å². The fraction of sp³-hybridized carbons (Fsp3) is 0.500. The molecule has 0 aliphatic heterocycles. The van der Waals surface area contributed by atoms with Crippen LogP contribution in [0, 0.1) is 0 Å². The van der Waals surface area contributed by atoms with Crippen molar-refractivity contribution < 1.29 is 4.55 Å². The van der Waals surface area contributed by atoms with Crippen LogP contribution in [0.3, 0.4) is 0 Å². The van der Waals surface area contributed by atoms with E-state index in [1.807, 2.05) is 6.92 Å². The summed E-state index contributed by atoms with van der Waals surface area (Å²) in [5.74, 6) is 3.99. The summed E-state index contributed by atoms with van der Waals surface area (Å²) in [6.45, 7) is 5.59. The Kier molecular flexibility index (Phi) is 3.83. The molecule has 0 spiro atoms. The average molecular weight is 131 g/mol. The van der Waals surface area contributed by atoms with Crippen LogP contribution in [0.1, 0.15) is 13.3 Å². The number of rotatable bonds is 3. The molecule has 1 nitrogen and oxygen atoms in total. The molecule has 1 unspecified atom stereocenters. The molecule has 2 heteroatoms. The Morgan fingerprint density at radius 3 is 2.38 bits per heavy atom. The summed E-state index contributed by atoms with van der Waals surface area (Å²) in [5, 5.41) is 0. The molecule has 47 valence electrons. The number of allylic oxidation sites excluding steroid dienone is 1. The lowest BCUT2D eigenvalue weighted by Crippen LogP contribution is -1.79. The predicted molar refractivity (Wildman–Crippen MR) is 39.7 cm³/mol. The van der Waals surface area contributed by atoms with Gasteiger partial charge in [0.1, 0.15) is 0 Å². The monoisotopic (exact) mass is 131 g/mol. The van der Waals surface area contributed by atoms with Gasteiger partial charge in [0.15, 0.2) is 0 Å². The summed E-state index contributed by atoms with van der Waals surface area (Å²) in [5.41, 5.74) is 1.07. The van der Waals surface area contributed by atoms with E-state index < -0.39 is 10.8 Å². The van der Waals surface area contributed by atoms with E-state index >= 15 is 0 Å². The lowest BCUT2D eigenvalue weighted by Gasteiger charge is -1.94. The van der Waals surface area contributed by atoms with Crippen LogP contribution >= 0.6 is 10.8 Å². The van der Waals surface area contributed by atoms with Gasteiger partial charge >= 0.3 is 0 Å². The Balaban J connectivity index is 3.18. The van der Waals surface area contributed by atoms with E-state index in [9.17, 15) is 4.55 Å². The maximum absolute atomic E-state index is 10.3. The van der Waals surface area contributed by atoms with Crippen LogP contribution in [-0.4, -0.2) is 11.6 Å².